The third kappa shape index (κ3) is 2.75. The average molecular weight is 267 g/mol. The number of carbonyl (C=O) groups is 1. The van der Waals surface area contributed by atoms with Gasteiger partial charge in [0.25, 0.3) is 6.43 Å². The molecule has 0 unspecified atom stereocenters. The van der Waals surface area contributed by atoms with Gasteiger partial charge in [0.1, 0.15) is 5.69 Å². The van der Waals surface area contributed by atoms with E-state index in [0.717, 1.165) is 0 Å². The number of nitrogens with one attached hydrogen (secondary N) is 1. The van der Waals surface area contributed by atoms with Crippen molar-refractivity contribution < 1.29 is 18.3 Å². The lowest BCUT2D eigenvalue weighted by molar-refractivity contribution is 0.0520. The zero-order valence-electron chi connectivity index (χ0n) is 10.1. The Labute approximate surface area is 107 Å². The van der Waals surface area contributed by atoms with Crippen molar-refractivity contribution in [3.05, 3.63) is 35.5 Å². The van der Waals surface area contributed by atoms with Crippen molar-refractivity contribution in [1.82, 2.24) is 15.4 Å². The van der Waals surface area contributed by atoms with Gasteiger partial charge in [-0.05, 0) is 13.0 Å². The first-order valence-electron chi connectivity index (χ1n) is 5.59. The van der Waals surface area contributed by atoms with Gasteiger partial charge in [0, 0.05) is 11.1 Å². The first kappa shape index (κ1) is 13.1. The number of hydrogen-bond donors (Lipinski definition) is 1. The summed E-state index contributed by atoms with van der Waals surface area (Å²) in [4.78, 5) is 11.6. The Bertz CT molecular complexity index is 584. The molecule has 0 saturated carbocycles. The highest BCUT2D eigenvalue weighted by Gasteiger charge is 2.19. The first-order valence-corrected chi connectivity index (χ1v) is 5.59. The maximum absolute atomic E-state index is 12.6. The Morgan fingerprint density at radius 2 is 2.21 bits per heavy atom. The van der Waals surface area contributed by atoms with Gasteiger partial charge in [0.2, 0.25) is 0 Å². The molecule has 1 aromatic carbocycles. The summed E-state index contributed by atoms with van der Waals surface area (Å²) in [5.41, 5.74) is 0.416. The largest absolute Gasteiger partial charge is 0.461 e. The molecule has 7 heteroatoms. The zero-order chi connectivity index (χ0) is 13.8. The summed E-state index contributed by atoms with van der Waals surface area (Å²) in [7, 11) is 0. The Balaban J connectivity index is 2.40. The van der Waals surface area contributed by atoms with Crippen molar-refractivity contribution in [2.24, 2.45) is 0 Å². The minimum absolute atomic E-state index is 0.0201. The van der Waals surface area contributed by atoms with Gasteiger partial charge in [-0.25, -0.2) is 13.6 Å². The number of nitrogens with zero attached hydrogens (tertiary/aromatic N) is 2. The molecular formula is C12H11F2N3O2. The van der Waals surface area contributed by atoms with Crippen molar-refractivity contribution in [3.63, 3.8) is 0 Å². The van der Waals surface area contributed by atoms with Crippen molar-refractivity contribution in [1.29, 1.82) is 0 Å². The van der Waals surface area contributed by atoms with Crippen molar-refractivity contribution >= 4 is 5.97 Å². The number of rotatable bonds is 4. The topological polar surface area (TPSA) is 67.9 Å². The average Bonchev–Trinajstić information content (AvgIpc) is 2.88. The van der Waals surface area contributed by atoms with E-state index >= 15 is 0 Å². The van der Waals surface area contributed by atoms with Crippen LogP contribution in [0.5, 0.6) is 0 Å². The van der Waals surface area contributed by atoms with Gasteiger partial charge < -0.3 is 4.74 Å². The number of hydrogen-bond acceptors (Lipinski definition) is 4. The van der Waals surface area contributed by atoms with Gasteiger partial charge in [0.05, 0.1) is 6.61 Å². The van der Waals surface area contributed by atoms with Crippen molar-refractivity contribution in [3.8, 4) is 11.3 Å². The van der Waals surface area contributed by atoms with Crippen LogP contribution in [-0.2, 0) is 4.74 Å². The normalized spacial score (nSPS) is 10.7. The van der Waals surface area contributed by atoms with Crippen LogP contribution in [0, 0.1) is 0 Å². The lowest BCUT2D eigenvalue weighted by Crippen LogP contribution is -2.06. The molecule has 0 aliphatic carbocycles. The molecule has 1 N–H and O–H groups in total. The summed E-state index contributed by atoms with van der Waals surface area (Å²) in [5.74, 6) is -0.645. The van der Waals surface area contributed by atoms with Gasteiger partial charge in [-0.15, -0.1) is 5.10 Å². The number of ether oxygens (including phenoxy) is 1. The molecule has 5 nitrogen and oxygen atoms in total. The fraction of sp³-hybridized carbons (Fsp3) is 0.250. The minimum atomic E-state index is -2.59. The molecule has 1 heterocycles. The van der Waals surface area contributed by atoms with Crippen LogP contribution in [0.2, 0.25) is 0 Å². The molecule has 19 heavy (non-hydrogen) atoms. The Morgan fingerprint density at radius 3 is 2.89 bits per heavy atom. The maximum atomic E-state index is 12.6. The molecule has 0 atom stereocenters. The van der Waals surface area contributed by atoms with Crippen molar-refractivity contribution in [2.45, 2.75) is 13.3 Å². The second-order valence-corrected chi connectivity index (χ2v) is 3.67. The van der Waals surface area contributed by atoms with E-state index in [0.29, 0.717) is 5.56 Å². The second-order valence-electron chi connectivity index (χ2n) is 3.67. The van der Waals surface area contributed by atoms with E-state index in [9.17, 15) is 13.6 Å². The lowest BCUT2D eigenvalue weighted by atomic mass is 10.1. The van der Waals surface area contributed by atoms with Gasteiger partial charge >= 0.3 is 5.97 Å². The highest BCUT2D eigenvalue weighted by molar-refractivity contribution is 5.93. The molecule has 0 spiro atoms. The number of aromatic nitrogens is 3. The maximum Gasteiger partial charge on any atom is 0.361 e. The minimum Gasteiger partial charge on any atom is -0.461 e. The number of esters is 1. The molecule has 100 valence electrons. The zero-order valence-corrected chi connectivity index (χ0v) is 10.1. The van der Waals surface area contributed by atoms with Crippen LogP contribution >= 0.6 is 0 Å². The number of aromatic amines is 1. The van der Waals surface area contributed by atoms with E-state index in [2.05, 4.69) is 15.4 Å². The fourth-order valence-corrected chi connectivity index (χ4v) is 1.60. The summed E-state index contributed by atoms with van der Waals surface area (Å²) in [5, 5.41) is 9.79. The predicted molar refractivity (Wildman–Crippen MR) is 62.7 cm³/mol. The smallest absolute Gasteiger partial charge is 0.361 e. The molecule has 0 aliphatic rings. The van der Waals surface area contributed by atoms with Crippen LogP contribution in [0.1, 0.15) is 29.4 Å². The number of H-pyrrole nitrogens is 1. The van der Waals surface area contributed by atoms with Crippen LogP contribution in [0.3, 0.4) is 0 Å². The quantitative estimate of drug-likeness (QED) is 0.864. The highest BCUT2D eigenvalue weighted by atomic mass is 19.3. The highest BCUT2D eigenvalue weighted by Crippen LogP contribution is 2.26. The number of alkyl halides is 2. The third-order valence-corrected chi connectivity index (χ3v) is 2.43. The number of benzene rings is 1. The van der Waals surface area contributed by atoms with Gasteiger partial charge in [-0.2, -0.15) is 10.3 Å². The predicted octanol–water partition coefficient (Wildman–Crippen LogP) is 2.59. The van der Waals surface area contributed by atoms with Crippen LogP contribution in [-0.4, -0.2) is 28.0 Å². The van der Waals surface area contributed by atoms with E-state index in [4.69, 9.17) is 4.74 Å². The van der Waals surface area contributed by atoms with Crippen LogP contribution < -0.4 is 0 Å². The lowest BCUT2D eigenvalue weighted by Gasteiger charge is -2.03. The summed E-state index contributed by atoms with van der Waals surface area (Å²) in [6, 6.07) is 5.62. The Morgan fingerprint density at radius 1 is 1.42 bits per heavy atom. The van der Waals surface area contributed by atoms with E-state index in [-0.39, 0.29) is 23.6 Å². The standard InChI is InChI=1S/C12H11F2N3O2/c1-2-19-12(18)10-9(15-17-16-10)7-4-3-5-8(6-7)11(13)14/h3-6,11H,2H2,1H3,(H,15,16,17). The molecule has 0 fully saturated rings. The third-order valence-electron chi connectivity index (χ3n) is 2.43. The Kier molecular flexibility index (Phi) is 3.84. The summed E-state index contributed by atoms with van der Waals surface area (Å²) in [6.45, 7) is 1.86. The number of carbonyl (C=O) groups excluding carboxylic acids is 1. The van der Waals surface area contributed by atoms with Gasteiger partial charge in [-0.3, -0.25) is 0 Å². The van der Waals surface area contributed by atoms with Gasteiger partial charge in [0.15, 0.2) is 5.69 Å². The van der Waals surface area contributed by atoms with Crippen molar-refractivity contribution in [2.75, 3.05) is 6.61 Å². The molecule has 0 aliphatic heterocycles. The number of halogens is 2. The van der Waals surface area contributed by atoms with E-state index in [1.165, 1.54) is 18.2 Å². The molecule has 0 bridgehead atoms. The second kappa shape index (κ2) is 5.55. The van der Waals surface area contributed by atoms with Crippen LogP contribution in [0.4, 0.5) is 8.78 Å². The molecule has 0 amide bonds. The van der Waals surface area contributed by atoms with Crippen LogP contribution in [0.25, 0.3) is 11.3 Å². The molecule has 2 rings (SSSR count). The summed E-state index contributed by atoms with van der Waals surface area (Å²) >= 11 is 0. The first-order chi connectivity index (χ1) is 9.13. The van der Waals surface area contributed by atoms with E-state index in [1.807, 2.05) is 0 Å². The summed E-state index contributed by atoms with van der Waals surface area (Å²) in [6.07, 6.45) is -2.59. The van der Waals surface area contributed by atoms with E-state index in [1.54, 1.807) is 13.0 Å². The Hall–Kier alpha value is -2.31. The fourth-order valence-electron chi connectivity index (χ4n) is 1.60. The molecule has 2 aromatic rings. The van der Waals surface area contributed by atoms with Gasteiger partial charge in [-0.1, -0.05) is 18.2 Å². The molecule has 1 aromatic heterocycles. The SMILES string of the molecule is CCOC(=O)c1n[nH]nc1-c1cccc(C(F)F)c1. The molecule has 0 radical (unpaired) electrons. The van der Waals surface area contributed by atoms with E-state index < -0.39 is 12.4 Å². The summed E-state index contributed by atoms with van der Waals surface area (Å²) < 4.78 is 30.1. The van der Waals surface area contributed by atoms with Crippen LogP contribution in [0.15, 0.2) is 24.3 Å². The monoisotopic (exact) mass is 267 g/mol. The molecule has 0 saturated heterocycles. The molecular weight excluding hydrogens is 256 g/mol.